The van der Waals surface area contributed by atoms with E-state index in [1.165, 1.54) is 38.5 Å². The number of hydrogen-bond donors (Lipinski definition) is 0. The summed E-state index contributed by atoms with van der Waals surface area (Å²) in [4.78, 5) is 5.00. The van der Waals surface area contributed by atoms with Gasteiger partial charge in [0, 0.05) is 16.5 Å². The highest BCUT2D eigenvalue weighted by Crippen LogP contribution is 2.30. The van der Waals surface area contributed by atoms with Gasteiger partial charge in [0.15, 0.2) is 0 Å². The number of aromatic nitrogens is 1. The summed E-state index contributed by atoms with van der Waals surface area (Å²) in [7, 11) is 0. The third-order valence-corrected chi connectivity index (χ3v) is 4.23. The molecule has 1 aromatic heterocycles. The monoisotopic (exact) mass is 263 g/mol. The van der Waals surface area contributed by atoms with Crippen LogP contribution < -0.4 is 0 Å². The van der Waals surface area contributed by atoms with E-state index in [-0.39, 0.29) is 0 Å². The van der Waals surface area contributed by atoms with Crippen molar-refractivity contribution in [3.63, 3.8) is 0 Å². The lowest BCUT2D eigenvalue weighted by Crippen LogP contribution is -2.03. The second kappa shape index (κ2) is 5.24. The Morgan fingerprint density at radius 3 is 2.20 bits per heavy atom. The van der Waals surface area contributed by atoms with Gasteiger partial charge in [-0.05, 0) is 35.8 Å². The molecule has 1 heterocycles. The average molecular weight is 263 g/mol. The highest BCUT2D eigenvalue weighted by atomic mass is 14.7. The largest absolute Gasteiger partial charge is 0.252 e. The molecule has 1 nitrogen and oxygen atoms in total. The van der Waals surface area contributed by atoms with Gasteiger partial charge in [0.25, 0.3) is 0 Å². The van der Waals surface area contributed by atoms with Crippen molar-refractivity contribution in [3.8, 4) is 0 Å². The highest BCUT2D eigenvalue weighted by molar-refractivity contribution is 6.06. The van der Waals surface area contributed by atoms with Crippen molar-refractivity contribution >= 4 is 21.7 Å². The predicted molar refractivity (Wildman–Crippen MR) is 87.4 cm³/mol. The molecule has 1 heteroatoms. The molecule has 0 saturated heterocycles. The molecule has 0 unspecified atom stereocenters. The average Bonchev–Trinajstić information content (AvgIpc) is 2.52. The smallest absolute Gasteiger partial charge is 0.0786 e. The first kappa shape index (κ1) is 13.1. The van der Waals surface area contributed by atoms with Gasteiger partial charge in [-0.3, -0.25) is 4.98 Å². The number of pyridine rings is 1. The number of rotatable bonds is 3. The van der Waals surface area contributed by atoms with Gasteiger partial charge in [-0.15, -0.1) is 0 Å². The molecule has 0 radical (unpaired) electrons. The Morgan fingerprint density at radius 1 is 0.750 bits per heavy atom. The maximum absolute atomic E-state index is 5.00. The molecule has 0 fully saturated rings. The molecule has 2 aromatic carbocycles. The van der Waals surface area contributed by atoms with Crippen LogP contribution in [0.4, 0.5) is 0 Å². The summed E-state index contributed by atoms with van der Waals surface area (Å²) in [5.41, 5.74) is 5.39. The van der Waals surface area contributed by atoms with Gasteiger partial charge in [-0.2, -0.15) is 0 Å². The van der Waals surface area contributed by atoms with Crippen LogP contribution in [-0.4, -0.2) is 4.98 Å². The zero-order valence-corrected chi connectivity index (χ0v) is 12.5. The van der Waals surface area contributed by atoms with E-state index >= 15 is 0 Å². The van der Waals surface area contributed by atoms with E-state index in [0.717, 1.165) is 19.3 Å². The molecule has 0 spiro atoms. The first-order valence-corrected chi connectivity index (χ1v) is 7.62. The Balaban J connectivity index is 2.50. The Hall–Kier alpha value is -1.89. The minimum Gasteiger partial charge on any atom is -0.252 e. The summed E-state index contributed by atoms with van der Waals surface area (Å²) < 4.78 is 0. The maximum atomic E-state index is 5.00. The van der Waals surface area contributed by atoms with E-state index in [9.17, 15) is 0 Å². The first-order valence-electron chi connectivity index (χ1n) is 7.62. The highest BCUT2D eigenvalue weighted by Gasteiger charge is 2.13. The standard InChI is InChI=1S/C19H21N/c1-4-14-15(5-2)18(6-3)20-19-16-10-8-7-9-13(16)11-12-17(14)19/h7-12H,4-6H2,1-3H3. The lowest BCUT2D eigenvalue weighted by molar-refractivity contribution is 0.948. The Labute approximate surface area is 120 Å². The second-order valence-electron chi connectivity index (χ2n) is 5.26. The second-order valence-corrected chi connectivity index (χ2v) is 5.26. The SMILES string of the molecule is CCc1nc2c(ccc3ccccc32)c(CC)c1CC. The quantitative estimate of drug-likeness (QED) is 0.601. The molecule has 102 valence electrons. The van der Waals surface area contributed by atoms with Gasteiger partial charge in [0.05, 0.1) is 5.52 Å². The number of fused-ring (bicyclic) bond motifs is 3. The number of aryl methyl sites for hydroxylation is 2. The molecule has 0 saturated carbocycles. The molecule has 0 aliphatic carbocycles. The van der Waals surface area contributed by atoms with Crippen molar-refractivity contribution in [1.82, 2.24) is 4.98 Å². The van der Waals surface area contributed by atoms with E-state index in [0.29, 0.717) is 0 Å². The summed E-state index contributed by atoms with van der Waals surface area (Å²) in [6.45, 7) is 6.70. The normalized spacial score (nSPS) is 11.3. The van der Waals surface area contributed by atoms with Gasteiger partial charge in [0.2, 0.25) is 0 Å². The van der Waals surface area contributed by atoms with Crippen LogP contribution in [0.2, 0.25) is 0 Å². The number of benzene rings is 2. The summed E-state index contributed by atoms with van der Waals surface area (Å²) in [6.07, 6.45) is 3.16. The number of hydrogen-bond acceptors (Lipinski definition) is 1. The molecule has 0 bridgehead atoms. The van der Waals surface area contributed by atoms with Crippen molar-refractivity contribution in [2.75, 3.05) is 0 Å². The minimum atomic E-state index is 1.01. The van der Waals surface area contributed by atoms with Crippen molar-refractivity contribution in [1.29, 1.82) is 0 Å². The van der Waals surface area contributed by atoms with E-state index in [4.69, 9.17) is 4.98 Å². The van der Waals surface area contributed by atoms with Crippen LogP contribution in [0.1, 0.15) is 37.6 Å². The third-order valence-electron chi connectivity index (χ3n) is 4.23. The molecule has 3 rings (SSSR count). The zero-order valence-electron chi connectivity index (χ0n) is 12.5. The van der Waals surface area contributed by atoms with E-state index in [1.807, 2.05) is 0 Å². The topological polar surface area (TPSA) is 12.9 Å². The molecule has 0 aliphatic heterocycles. The van der Waals surface area contributed by atoms with Crippen molar-refractivity contribution in [3.05, 3.63) is 53.2 Å². The van der Waals surface area contributed by atoms with Crippen LogP contribution in [0.3, 0.4) is 0 Å². The van der Waals surface area contributed by atoms with E-state index in [1.54, 1.807) is 0 Å². The van der Waals surface area contributed by atoms with Crippen molar-refractivity contribution in [2.24, 2.45) is 0 Å². The van der Waals surface area contributed by atoms with Gasteiger partial charge in [-0.1, -0.05) is 57.2 Å². The van der Waals surface area contributed by atoms with Crippen LogP contribution in [-0.2, 0) is 19.3 Å². The van der Waals surface area contributed by atoms with Crippen LogP contribution in [0, 0.1) is 0 Å². The van der Waals surface area contributed by atoms with Gasteiger partial charge in [0.1, 0.15) is 0 Å². The van der Waals surface area contributed by atoms with Gasteiger partial charge < -0.3 is 0 Å². The lowest BCUT2D eigenvalue weighted by Gasteiger charge is -2.15. The van der Waals surface area contributed by atoms with Crippen LogP contribution >= 0.6 is 0 Å². The fourth-order valence-corrected chi connectivity index (χ4v) is 3.27. The van der Waals surface area contributed by atoms with E-state index < -0.39 is 0 Å². The van der Waals surface area contributed by atoms with Crippen molar-refractivity contribution < 1.29 is 0 Å². The molecular formula is C19H21N. The fourth-order valence-electron chi connectivity index (χ4n) is 3.27. The zero-order chi connectivity index (χ0) is 14.1. The third kappa shape index (κ3) is 1.89. The Kier molecular flexibility index (Phi) is 3.43. The molecule has 3 aromatic rings. The summed E-state index contributed by atoms with van der Waals surface area (Å²) in [5, 5.41) is 3.89. The molecule has 0 N–H and O–H groups in total. The van der Waals surface area contributed by atoms with Crippen LogP contribution in [0.25, 0.3) is 21.7 Å². The Morgan fingerprint density at radius 2 is 1.50 bits per heavy atom. The maximum Gasteiger partial charge on any atom is 0.0786 e. The fraction of sp³-hybridized carbons (Fsp3) is 0.316. The molecular weight excluding hydrogens is 242 g/mol. The van der Waals surface area contributed by atoms with E-state index in [2.05, 4.69) is 57.2 Å². The summed E-state index contributed by atoms with van der Waals surface area (Å²) >= 11 is 0. The lowest BCUT2D eigenvalue weighted by atomic mass is 9.94. The Bertz CT molecular complexity index is 771. The van der Waals surface area contributed by atoms with Crippen LogP contribution in [0.5, 0.6) is 0 Å². The van der Waals surface area contributed by atoms with Gasteiger partial charge in [-0.25, -0.2) is 0 Å². The molecule has 0 amide bonds. The number of nitrogens with zero attached hydrogens (tertiary/aromatic N) is 1. The molecule has 20 heavy (non-hydrogen) atoms. The van der Waals surface area contributed by atoms with Gasteiger partial charge >= 0.3 is 0 Å². The molecule has 0 atom stereocenters. The summed E-state index contributed by atoms with van der Waals surface area (Å²) in [6, 6.07) is 13.0. The summed E-state index contributed by atoms with van der Waals surface area (Å²) in [5.74, 6) is 0. The first-order chi connectivity index (χ1) is 9.80. The minimum absolute atomic E-state index is 1.01. The van der Waals surface area contributed by atoms with Crippen LogP contribution in [0.15, 0.2) is 36.4 Å². The predicted octanol–water partition coefficient (Wildman–Crippen LogP) is 5.08. The molecule has 0 aliphatic rings. The van der Waals surface area contributed by atoms with Crippen molar-refractivity contribution in [2.45, 2.75) is 40.0 Å².